The zero-order valence-corrected chi connectivity index (χ0v) is 20.6. The molecule has 0 aliphatic carbocycles. The number of amides is 2. The Bertz CT molecular complexity index is 1330. The maximum Gasteiger partial charge on any atom is 0.340 e. The molecule has 4 rings (SSSR count). The van der Waals surface area contributed by atoms with E-state index in [0.29, 0.717) is 34.8 Å². The standard InChI is InChI=1S/C28H25N3O4S/c1-19(27(33)31-14-13-21-8-2-3-9-22(21)17-31)35-28(34)24-11-4-5-12-25(24)36-18-26(32)30-23-10-6-7-20(15-23)16-29/h2-12,15,19H,13-14,17-18H2,1H3,(H,30,32). The lowest BCUT2D eigenvalue weighted by Gasteiger charge is -2.30. The summed E-state index contributed by atoms with van der Waals surface area (Å²) < 4.78 is 5.53. The maximum absolute atomic E-state index is 13.0. The fourth-order valence-electron chi connectivity index (χ4n) is 3.98. The molecule has 1 heterocycles. The van der Waals surface area contributed by atoms with Crippen LogP contribution in [0.5, 0.6) is 0 Å². The SMILES string of the molecule is CC(OC(=O)c1ccccc1SCC(=O)Nc1cccc(C#N)c1)C(=O)N1CCc2ccccc2C1. The molecule has 0 spiro atoms. The van der Waals surface area contributed by atoms with Gasteiger partial charge in [-0.05, 0) is 54.8 Å². The van der Waals surface area contributed by atoms with Gasteiger partial charge in [-0.25, -0.2) is 4.79 Å². The van der Waals surface area contributed by atoms with Crippen molar-refractivity contribution in [3.8, 4) is 6.07 Å². The first kappa shape index (κ1) is 25.0. The van der Waals surface area contributed by atoms with E-state index < -0.39 is 12.1 Å². The lowest BCUT2D eigenvalue weighted by molar-refractivity contribution is -0.140. The number of anilines is 1. The molecule has 2 amide bonds. The largest absolute Gasteiger partial charge is 0.449 e. The second kappa shape index (κ2) is 11.6. The Balaban J connectivity index is 1.35. The van der Waals surface area contributed by atoms with Crippen LogP contribution in [0.1, 0.15) is 34.0 Å². The van der Waals surface area contributed by atoms with Gasteiger partial charge in [0.2, 0.25) is 5.91 Å². The summed E-state index contributed by atoms with van der Waals surface area (Å²) in [5.41, 5.74) is 3.62. The van der Waals surface area contributed by atoms with Crippen LogP contribution in [0.3, 0.4) is 0 Å². The lowest BCUT2D eigenvalue weighted by atomic mass is 9.99. The Labute approximate surface area is 214 Å². The smallest absolute Gasteiger partial charge is 0.340 e. The van der Waals surface area contributed by atoms with Crippen LogP contribution in [0.2, 0.25) is 0 Å². The van der Waals surface area contributed by atoms with Gasteiger partial charge in [-0.15, -0.1) is 11.8 Å². The van der Waals surface area contributed by atoms with Crippen LogP contribution in [-0.4, -0.2) is 41.1 Å². The number of hydrogen-bond acceptors (Lipinski definition) is 6. The predicted octanol–water partition coefficient (Wildman–Crippen LogP) is 4.42. The van der Waals surface area contributed by atoms with Crippen molar-refractivity contribution in [2.24, 2.45) is 0 Å². The first-order chi connectivity index (χ1) is 17.4. The summed E-state index contributed by atoms with van der Waals surface area (Å²) in [5, 5.41) is 11.8. The zero-order valence-electron chi connectivity index (χ0n) is 19.8. The number of thioether (sulfide) groups is 1. The van der Waals surface area contributed by atoms with Gasteiger partial charge in [0.15, 0.2) is 6.10 Å². The molecule has 3 aromatic carbocycles. The molecule has 0 bridgehead atoms. The van der Waals surface area contributed by atoms with Crippen LogP contribution in [0.15, 0.2) is 77.7 Å². The molecule has 1 aliphatic heterocycles. The summed E-state index contributed by atoms with van der Waals surface area (Å²) in [6.45, 7) is 2.66. The summed E-state index contributed by atoms with van der Waals surface area (Å²) in [7, 11) is 0. The number of ether oxygens (including phenoxy) is 1. The third-order valence-electron chi connectivity index (χ3n) is 5.82. The third-order valence-corrected chi connectivity index (χ3v) is 6.89. The molecule has 0 aromatic heterocycles. The van der Waals surface area contributed by atoms with E-state index in [1.54, 1.807) is 60.4 Å². The molecule has 0 saturated carbocycles. The van der Waals surface area contributed by atoms with Gasteiger partial charge in [0.1, 0.15) is 0 Å². The Kier molecular flexibility index (Phi) is 8.03. The van der Waals surface area contributed by atoms with Crippen molar-refractivity contribution in [2.75, 3.05) is 17.6 Å². The summed E-state index contributed by atoms with van der Waals surface area (Å²) in [5.74, 6) is -1.06. The molecule has 0 saturated heterocycles. The van der Waals surface area contributed by atoms with Crippen molar-refractivity contribution in [1.29, 1.82) is 5.26 Å². The normalized spacial score (nSPS) is 13.2. The van der Waals surface area contributed by atoms with Crippen LogP contribution < -0.4 is 5.32 Å². The number of nitrogens with zero attached hydrogens (tertiary/aromatic N) is 2. The molecule has 0 radical (unpaired) electrons. The highest BCUT2D eigenvalue weighted by Crippen LogP contribution is 2.25. The molecule has 3 aromatic rings. The molecule has 0 fully saturated rings. The Morgan fingerprint density at radius 1 is 1.06 bits per heavy atom. The fraction of sp³-hybridized carbons (Fsp3) is 0.214. The zero-order chi connectivity index (χ0) is 25.5. The second-order valence-corrected chi connectivity index (χ2v) is 9.37. The minimum Gasteiger partial charge on any atom is -0.449 e. The highest BCUT2D eigenvalue weighted by molar-refractivity contribution is 8.00. The van der Waals surface area contributed by atoms with Gasteiger partial charge in [0.25, 0.3) is 5.91 Å². The van der Waals surface area contributed by atoms with Crippen molar-refractivity contribution < 1.29 is 19.1 Å². The molecule has 182 valence electrons. The Hall–Kier alpha value is -4.09. The van der Waals surface area contributed by atoms with E-state index in [2.05, 4.69) is 11.4 Å². The number of hydrogen-bond donors (Lipinski definition) is 1. The number of benzene rings is 3. The number of carbonyl (C=O) groups excluding carboxylic acids is 3. The average Bonchev–Trinajstić information content (AvgIpc) is 2.91. The molecular formula is C28H25N3O4S. The van der Waals surface area contributed by atoms with E-state index >= 15 is 0 Å². The summed E-state index contributed by atoms with van der Waals surface area (Å²) in [4.78, 5) is 40.6. The first-order valence-electron chi connectivity index (χ1n) is 11.5. The minimum atomic E-state index is -0.934. The number of nitrogens with one attached hydrogen (secondary N) is 1. The maximum atomic E-state index is 13.0. The summed E-state index contributed by atoms with van der Waals surface area (Å²) in [6.07, 6.45) is -0.165. The second-order valence-electron chi connectivity index (χ2n) is 8.35. The van der Waals surface area contributed by atoms with E-state index in [4.69, 9.17) is 10.00 Å². The van der Waals surface area contributed by atoms with Gasteiger partial charge in [0.05, 0.1) is 22.9 Å². The lowest BCUT2D eigenvalue weighted by Crippen LogP contribution is -2.42. The highest BCUT2D eigenvalue weighted by atomic mass is 32.2. The van der Waals surface area contributed by atoms with Crippen molar-refractivity contribution in [1.82, 2.24) is 4.90 Å². The number of carbonyl (C=O) groups is 3. The molecule has 1 aliphatic rings. The van der Waals surface area contributed by atoms with Crippen molar-refractivity contribution >= 4 is 35.2 Å². The van der Waals surface area contributed by atoms with Gasteiger partial charge >= 0.3 is 5.97 Å². The quantitative estimate of drug-likeness (QED) is 0.382. The van der Waals surface area contributed by atoms with Gasteiger partial charge in [-0.3, -0.25) is 9.59 Å². The molecule has 7 nitrogen and oxygen atoms in total. The predicted molar refractivity (Wildman–Crippen MR) is 137 cm³/mol. The van der Waals surface area contributed by atoms with Gasteiger partial charge in [-0.2, -0.15) is 5.26 Å². The number of fused-ring (bicyclic) bond motifs is 1. The van der Waals surface area contributed by atoms with E-state index in [0.717, 1.165) is 12.0 Å². The van der Waals surface area contributed by atoms with E-state index in [1.807, 2.05) is 24.3 Å². The first-order valence-corrected chi connectivity index (χ1v) is 12.5. The third kappa shape index (κ3) is 6.12. The van der Waals surface area contributed by atoms with E-state index in [-0.39, 0.29) is 17.6 Å². The summed E-state index contributed by atoms with van der Waals surface area (Å²) >= 11 is 1.20. The van der Waals surface area contributed by atoms with Crippen molar-refractivity contribution in [3.05, 3.63) is 95.1 Å². The van der Waals surface area contributed by atoms with Crippen LogP contribution in [0.25, 0.3) is 0 Å². The fourth-order valence-corrected chi connectivity index (χ4v) is 4.82. The van der Waals surface area contributed by atoms with Crippen LogP contribution in [0.4, 0.5) is 5.69 Å². The van der Waals surface area contributed by atoms with Gasteiger partial charge in [0, 0.05) is 23.7 Å². The molecule has 36 heavy (non-hydrogen) atoms. The molecule has 1 unspecified atom stereocenters. The molecular weight excluding hydrogens is 474 g/mol. The van der Waals surface area contributed by atoms with Gasteiger partial charge < -0.3 is 15.0 Å². The number of nitriles is 1. The number of rotatable bonds is 7. The average molecular weight is 500 g/mol. The monoisotopic (exact) mass is 499 g/mol. The minimum absolute atomic E-state index is 0.0583. The molecule has 1 atom stereocenters. The van der Waals surface area contributed by atoms with Crippen LogP contribution in [0, 0.1) is 11.3 Å². The van der Waals surface area contributed by atoms with Crippen LogP contribution in [-0.2, 0) is 27.3 Å². The summed E-state index contributed by atoms with van der Waals surface area (Å²) in [6, 6.07) is 23.5. The Morgan fingerprint density at radius 2 is 1.81 bits per heavy atom. The van der Waals surface area contributed by atoms with E-state index in [1.165, 1.54) is 17.3 Å². The topological polar surface area (TPSA) is 99.5 Å². The Morgan fingerprint density at radius 3 is 2.61 bits per heavy atom. The molecule has 8 heteroatoms. The van der Waals surface area contributed by atoms with E-state index in [9.17, 15) is 14.4 Å². The van der Waals surface area contributed by atoms with Crippen molar-refractivity contribution in [3.63, 3.8) is 0 Å². The molecule has 1 N–H and O–H groups in total. The van der Waals surface area contributed by atoms with Crippen molar-refractivity contribution in [2.45, 2.75) is 30.9 Å². The highest BCUT2D eigenvalue weighted by Gasteiger charge is 2.28. The van der Waals surface area contributed by atoms with Gasteiger partial charge in [-0.1, -0.05) is 42.5 Å². The number of esters is 1. The van der Waals surface area contributed by atoms with Crippen LogP contribution >= 0.6 is 11.8 Å².